The molecule has 0 radical (unpaired) electrons. The van der Waals surface area contributed by atoms with Crippen LogP contribution in [-0.2, 0) is 0 Å². The lowest BCUT2D eigenvalue weighted by Gasteiger charge is -2.10. The van der Waals surface area contributed by atoms with Crippen LogP contribution in [0.15, 0.2) is 66.1 Å². The molecule has 30 heavy (non-hydrogen) atoms. The first kappa shape index (κ1) is 19.4. The van der Waals surface area contributed by atoms with Crippen LogP contribution < -0.4 is 15.0 Å². The van der Waals surface area contributed by atoms with E-state index in [9.17, 15) is 4.79 Å². The molecule has 0 spiro atoms. The summed E-state index contributed by atoms with van der Waals surface area (Å²) in [7, 11) is 1.62. The minimum absolute atomic E-state index is 0.197. The van der Waals surface area contributed by atoms with E-state index in [1.807, 2.05) is 37.3 Å². The highest BCUT2D eigenvalue weighted by molar-refractivity contribution is 5.65. The van der Waals surface area contributed by atoms with Crippen LogP contribution >= 0.6 is 0 Å². The molecule has 0 aliphatic rings. The van der Waals surface area contributed by atoms with Gasteiger partial charge in [0.25, 0.3) is 5.56 Å². The van der Waals surface area contributed by atoms with Crippen molar-refractivity contribution in [2.45, 2.75) is 13.8 Å². The van der Waals surface area contributed by atoms with E-state index in [4.69, 9.17) is 9.47 Å². The molecule has 0 bridgehead atoms. The van der Waals surface area contributed by atoms with Crippen LogP contribution in [0.1, 0.15) is 11.4 Å². The maximum absolute atomic E-state index is 13.3. The Labute approximate surface area is 173 Å². The Morgan fingerprint density at radius 3 is 2.77 bits per heavy atom. The van der Waals surface area contributed by atoms with Crippen molar-refractivity contribution in [1.82, 2.24) is 19.2 Å². The number of ether oxygens (including phenoxy) is 2. The molecule has 3 aromatic heterocycles. The van der Waals surface area contributed by atoms with Crippen molar-refractivity contribution in [3.05, 3.63) is 83.1 Å². The molecule has 0 unspecified atom stereocenters. The third-order valence-electron chi connectivity index (χ3n) is 4.80. The molecule has 0 fully saturated rings. The Morgan fingerprint density at radius 1 is 1.17 bits per heavy atom. The van der Waals surface area contributed by atoms with E-state index in [2.05, 4.69) is 16.7 Å². The van der Waals surface area contributed by atoms with E-state index < -0.39 is 0 Å². The quantitative estimate of drug-likeness (QED) is 0.460. The van der Waals surface area contributed by atoms with E-state index in [1.165, 1.54) is 4.40 Å². The van der Waals surface area contributed by atoms with Gasteiger partial charge in [-0.05, 0) is 44.2 Å². The van der Waals surface area contributed by atoms with Crippen molar-refractivity contribution in [2.75, 3.05) is 13.7 Å². The molecule has 1 aromatic carbocycles. The number of aryl methyl sites for hydroxylation is 2. The second-order valence-electron chi connectivity index (χ2n) is 6.83. The molecule has 152 valence electrons. The van der Waals surface area contributed by atoms with Gasteiger partial charge in [0.05, 0.1) is 24.1 Å². The molecule has 0 aliphatic heterocycles. The van der Waals surface area contributed by atoms with Gasteiger partial charge in [0.2, 0.25) is 0 Å². The summed E-state index contributed by atoms with van der Waals surface area (Å²) in [5.41, 5.74) is 3.63. The van der Waals surface area contributed by atoms with Gasteiger partial charge in [-0.2, -0.15) is 5.10 Å². The van der Waals surface area contributed by atoms with E-state index in [1.54, 1.807) is 43.1 Å². The van der Waals surface area contributed by atoms with Gasteiger partial charge in [0.1, 0.15) is 18.1 Å². The largest absolute Gasteiger partial charge is 0.497 e. The molecule has 0 amide bonds. The van der Waals surface area contributed by atoms with Crippen LogP contribution in [0.2, 0.25) is 0 Å². The zero-order valence-electron chi connectivity index (χ0n) is 17.1. The third-order valence-corrected chi connectivity index (χ3v) is 4.80. The molecule has 7 nitrogen and oxygen atoms in total. The third kappa shape index (κ3) is 3.34. The second kappa shape index (κ2) is 7.87. The van der Waals surface area contributed by atoms with Crippen molar-refractivity contribution >= 4 is 5.65 Å². The molecule has 0 aliphatic carbocycles. The highest BCUT2D eigenvalue weighted by atomic mass is 16.5. The van der Waals surface area contributed by atoms with Gasteiger partial charge in [0, 0.05) is 18.0 Å². The fourth-order valence-corrected chi connectivity index (χ4v) is 3.40. The number of hydrogen-bond acceptors (Lipinski definition) is 5. The number of hydrogen-bond donors (Lipinski definition) is 0. The first-order valence-electron chi connectivity index (χ1n) is 9.50. The summed E-state index contributed by atoms with van der Waals surface area (Å²) in [6, 6.07) is 13.0. The van der Waals surface area contributed by atoms with Crippen molar-refractivity contribution in [2.24, 2.45) is 0 Å². The topological polar surface area (TPSA) is 70.7 Å². The molecule has 4 rings (SSSR count). The molecule has 0 N–H and O–H groups in total. The van der Waals surface area contributed by atoms with E-state index >= 15 is 0 Å². The lowest BCUT2D eigenvalue weighted by molar-refractivity contribution is 0.365. The van der Waals surface area contributed by atoms with Gasteiger partial charge in [-0.3, -0.25) is 9.20 Å². The molecule has 0 saturated heterocycles. The maximum Gasteiger partial charge on any atom is 0.267 e. The second-order valence-corrected chi connectivity index (χ2v) is 6.83. The van der Waals surface area contributed by atoms with Crippen LogP contribution in [0.3, 0.4) is 0 Å². The Morgan fingerprint density at radius 2 is 2.00 bits per heavy atom. The van der Waals surface area contributed by atoms with Crippen molar-refractivity contribution < 1.29 is 9.47 Å². The van der Waals surface area contributed by atoms with Crippen LogP contribution in [0.25, 0.3) is 22.6 Å². The fourth-order valence-electron chi connectivity index (χ4n) is 3.40. The van der Waals surface area contributed by atoms with Crippen LogP contribution in [-0.4, -0.2) is 32.9 Å². The molecule has 4 aromatic rings. The predicted octanol–water partition coefficient (Wildman–Crippen LogP) is 3.74. The molecule has 0 saturated carbocycles. The first-order chi connectivity index (χ1) is 14.5. The summed E-state index contributed by atoms with van der Waals surface area (Å²) < 4.78 is 14.2. The Kier molecular flexibility index (Phi) is 5.10. The van der Waals surface area contributed by atoms with Crippen molar-refractivity contribution in [3.8, 4) is 28.4 Å². The average molecular weight is 402 g/mol. The van der Waals surface area contributed by atoms with Gasteiger partial charge >= 0.3 is 0 Å². The van der Waals surface area contributed by atoms with E-state index in [-0.39, 0.29) is 5.56 Å². The predicted molar refractivity (Wildman–Crippen MR) is 116 cm³/mol. The summed E-state index contributed by atoms with van der Waals surface area (Å²) in [6.07, 6.45) is 3.33. The van der Waals surface area contributed by atoms with Crippen LogP contribution in [0.5, 0.6) is 11.5 Å². The fraction of sp³-hybridized carbons (Fsp3) is 0.174. The summed E-state index contributed by atoms with van der Waals surface area (Å²) in [5, 5.41) is 4.69. The highest BCUT2D eigenvalue weighted by Gasteiger charge is 2.18. The lowest BCUT2D eigenvalue weighted by atomic mass is 10.1. The minimum Gasteiger partial charge on any atom is -0.497 e. The molecular formula is C23H22N4O3. The minimum atomic E-state index is -0.197. The van der Waals surface area contributed by atoms with Gasteiger partial charge in [-0.15, -0.1) is 0 Å². The SMILES string of the molecule is C=CCOc1cccn2c(=O)c(-c3cc(C)n(-c4cccc(OC)c4)n3)c(C)nc12. The molecular weight excluding hydrogens is 380 g/mol. The van der Waals surface area contributed by atoms with Gasteiger partial charge in [-0.25, -0.2) is 9.67 Å². The summed E-state index contributed by atoms with van der Waals surface area (Å²) >= 11 is 0. The van der Waals surface area contributed by atoms with Gasteiger partial charge in [0.15, 0.2) is 11.4 Å². The van der Waals surface area contributed by atoms with Crippen molar-refractivity contribution in [3.63, 3.8) is 0 Å². The van der Waals surface area contributed by atoms with Crippen molar-refractivity contribution in [1.29, 1.82) is 0 Å². The number of fused-ring (bicyclic) bond motifs is 1. The highest BCUT2D eigenvalue weighted by Crippen LogP contribution is 2.25. The maximum atomic E-state index is 13.3. The van der Waals surface area contributed by atoms with Crippen LogP contribution in [0, 0.1) is 13.8 Å². The zero-order valence-corrected chi connectivity index (χ0v) is 17.1. The van der Waals surface area contributed by atoms with Gasteiger partial charge < -0.3 is 9.47 Å². The molecule has 0 atom stereocenters. The monoisotopic (exact) mass is 402 g/mol. The summed E-state index contributed by atoms with van der Waals surface area (Å²) in [4.78, 5) is 18.0. The number of benzene rings is 1. The Balaban J connectivity index is 1.86. The lowest BCUT2D eigenvalue weighted by Crippen LogP contribution is -2.19. The number of pyridine rings is 1. The summed E-state index contributed by atoms with van der Waals surface area (Å²) in [5.74, 6) is 1.27. The number of methoxy groups -OCH3 is 1. The van der Waals surface area contributed by atoms with E-state index in [0.29, 0.717) is 35.0 Å². The first-order valence-corrected chi connectivity index (χ1v) is 9.50. The average Bonchev–Trinajstić information content (AvgIpc) is 3.13. The standard InChI is InChI=1S/C23H22N4O3/c1-5-12-30-20-10-7-11-26-22(20)24-16(3)21(23(26)28)19-13-15(2)27(25-19)17-8-6-9-18(14-17)29-4/h5-11,13-14H,1,12H2,2-4H3. The molecule has 3 heterocycles. The number of rotatable bonds is 6. The normalized spacial score (nSPS) is 10.9. The Hall–Kier alpha value is -3.87. The molecule has 7 heteroatoms. The number of nitrogens with zero attached hydrogens (tertiary/aromatic N) is 4. The number of aromatic nitrogens is 4. The smallest absolute Gasteiger partial charge is 0.267 e. The van der Waals surface area contributed by atoms with Gasteiger partial charge in [-0.1, -0.05) is 18.7 Å². The van der Waals surface area contributed by atoms with E-state index in [0.717, 1.165) is 17.1 Å². The Bertz CT molecular complexity index is 1300. The zero-order chi connectivity index (χ0) is 21.3. The van der Waals surface area contributed by atoms with Crippen LogP contribution in [0.4, 0.5) is 0 Å². The summed E-state index contributed by atoms with van der Waals surface area (Å²) in [6.45, 7) is 7.74.